The maximum absolute atomic E-state index is 12.7. The number of aliphatic hydroxyl groups is 2. The highest BCUT2D eigenvalue weighted by molar-refractivity contribution is 7.47. The van der Waals surface area contributed by atoms with E-state index in [1.807, 2.05) is 36.5 Å². The van der Waals surface area contributed by atoms with Crippen LogP contribution >= 0.6 is 15.6 Å². The Labute approximate surface area is 361 Å². The lowest BCUT2D eigenvalue weighted by molar-refractivity contribution is -0.161. The van der Waals surface area contributed by atoms with Crippen LogP contribution in [0.2, 0.25) is 0 Å². The Balaban J connectivity index is 4.65. The van der Waals surface area contributed by atoms with E-state index >= 15 is 0 Å². The molecule has 0 radical (unpaired) electrons. The van der Waals surface area contributed by atoms with Gasteiger partial charge in [0.05, 0.1) is 25.9 Å². The van der Waals surface area contributed by atoms with Gasteiger partial charge in [-0.3, -0.25) is 23.2 Å². The standard InChI is InChI=1S/C44H80O14P2/c1-3-5-7-9-11-12-13-14-15-16-17-18-22-26-30-34-43(47)54-38-42(39-57-60(52,53)56-37-41(46)36-55-59(49,50)51)58-44(48)35-31-27-23-19-21-25-29-33-40(45)32-28-24-20-10-8-6-4-2/h19-20,23-25,28-29,32,40-42,45-46H,3-18,21-22,26-27,30-31,33-39H2,1-2H3,(H,52,53)(H2,49,50,51)/b23-19+,24-20-,29-25-,32-28-/t40-,41-,42+/m0/s1. The van der Waals surface area contributed by atoms with E-state index in [0.717, 1.165) is 25.7 Å². The number of esters is 2. The summed E-state index contributed by atoms with van der Waals surface area (Å²) in [4.78, 5) is 52.7. The Morgan fingerprint density at radius 3 is 1.68 bits per heavy atom. The Morgan fingerprint density at radius 1 is 0.550 bits per heavy atom. The van der Waals surface area contributed by atoms with Gasteiger partial charge in [0, 0.05) is 12.8 Å². The van der Waals surface area contributed by atoms with Crippen molar-refractivity contribution in [2.75, 3.05) is 26.4 Å². The largest absolute Gasteiger partial charge is 0.472 e. The Bertz CT molecular complexity index is 1270. The highest BCUT2D eigenvalue weighted by Crippen LogP contribution is 2.43. The van der Waals surface area contributed by atoms with E-state index in [2.05, 4.69) is 29.0 Å². The summed E-state index contributed by atoms with van der Waals surface area (Å²) in [7, 11) is -9.71. The van der Waals surface area contributed by atoms with Crippen molar-refractivity contribution in [3.8, 4) is 0 Å². The van der Waals surface area contributed by atoms with Crippen LogP contribution < -0.4 is 0 Å². The van der Waals surface area contributed by atoms with Gasteiger partial charge >= 0.3 is 27.6 Å². The molecule has 0 aliphatic rings. The number of carbonyl (C=O) groups excluding carboxylic acids is 2. The lowest BCUT2D eigenvalue weighted by Crippen LogP contribution is -2.29. The average molecular weight is 895 g/mol. The number of aliphatic hydroxyl groups excluding tert-OH is 2. The number of ether oxygens (including phenoxy) is 2. The van der Waals surface area contributed by atoms with Crippen LogP contribution in [-0.2, 0) is 41.8 Å². The smallest absolute Gasteiger partial charge is 0.462 e. The molecule has 0 amide bonds. The number of carbonyl (C=O) groups is 2. The molecule has 0 aromatic rings. The van der Waals surface area contributed by atoms with Gasteiger partial charge in [0.2, 0.25) is 0 Å². The molecule has 60 heavy (non-hydrogen) atoms. The fourth-order valence-electron chi connectivity index (χ4n) is 5.83. The van der Waals surface area contributed by atoms with Crippen molar-refractivity contribution in [1.29, 1.82) is 0 Å². The molecule has 0 aromatic carbocycles. The summed E-state index contributed by atoms with van der Waals surface area (Å²) >= 11 is 0. The van der Waals surface area contributed by atoms with Crippen LogP contribution in [0.15, 0.2) is 48.6 Å². The van der Waals surface area contributed by atoms with Gasteiger partial charge in [-0.05, 0) is 44.9 Å². The molecule has 0 aliphatic carbocycles. The Morgan fingerprint density at radius 2 is 1.07 bits per heavy atom. The van der Waals surface area contributed by atoms with Gasteiger partial charge in [-0.25, -0.2) is 9.13 Å². The molecular weight excluding hydrogens is 814 g/mol. The fraction of sp³-hybridized carbons (Fsp3) is 0.773. The van der Waals surface area contributed by atoms with Gasteiger partial charge in [0.25, 0.3) is 0 Å². The number of rotatable bonds is 42. The van der Waals surface area contributed by atoms with E-state index in [1.54, 1.807) is 6.08 Å². The lowest BCUT2D eigenvalue weighted by Gasteiger charge is -2.20. The summed E-state index contributed by atoms with van der Waals surface area (Å²) in [5.41, 5.74) is 0. The second kappa shape index (κ2) is 39.9. The highest BCUT2D eigenvalue weighted by Gasteiger charge is 2.28. The number of unbranched alkanes of at least 4 members (excludes halogenated alkanes) is 18. The molecule has 1 unspecified atom stereocenters. The van der Waals surface area contributed by atoms with Crippen LogP contribution in [0.5, 0.6) is 0 Å². The van der Waals surface area contributed by atoms with E-state index in [1.165, 1.54) is 89.9 Å². The number of hydrogen-bond acceptors (Lipinski definition) is 11. The van der Waals surface area contributed by atoms with Gasteiger partial charge in [-0.15, -0.1) is 0 Å². The van der Waals surface area contributed by atoms with Crippen molar-refractivity contribution in [2.24, 2.45) is 0 Å². The van der Waals surface area contributed by atoms with E-state index in [0.29, 0.717) is 32.1 Å². The van der Waals surface area contributed by atoms with Crippen molar-refractivity contribution in [3.63, 3.8) is 0 Å². The van der Waals surface area contributed by atoms with Crippen LogP contribution in [-0.4, -0.2) is 81.6 Å². The first-order valence-corrected chi connectivity index (χ1v) is 25.5. The second-order valence-corrected chi connectivity index (χ2v) is 17.9. The van der Waals surface area contributed by atoms with E-state index in [4.69, 9.17) is 23.8 Å². The molecule has 0 bridgehead atoms. The van der Waals surface area contributed by atoms with Crippen molar-refractivity contribution < 1.29 is 66.7 Å². The minimum atomic E-state index is -4.88. The summed E-state index contributed by atoms with van der Waals surface area (Å²) in [6, 6.07) is 0. The monoisotopic (exact) mass is 895 g/mol. The molecule has 0 saturated carbocycles. The number of phosphoric acid groups is 2. The number of phosphoric ester groups is 2. The van der Waals surface area contributed by atoms with Crippen molar-refractivity contribution >= 4 is 27.6 Å². The molecule has 14 nitrogen and oxygen atoms in total. The molecule has 0 rings (SSSR count). The zero-order valence-electron chi connectivity index (χ0n) is 36.7. The molecule has 0 spiro atoms. The van der Waals surface area contributed by atoms with Crippen LogP contribution in [0.4, 0.5) is 0 Å². The van der Waals surface area contributed by atoms with Crippen LogP contribution in [0.1, 0.15) is 174 Å². The maximum atomic E-state index is 12.7. The molecular formula is C44H80O14P2. The Hall–Kier alpha value is -1.96. The predicted molar refractivity (Wildman–Crippen MR) is 236 cm³/mol. The summed E-state index contributed by atoms with van der Waals surface area (Å²) < 4.78 is 47.7. The second-order valence-electron chi connectivity index (χ2n) is 15.2. The topological polar surface area (TPSA) is 216 Å². The molecule has 0 heterocycles. The van der Waals surface area contributed by atoms with Gasteiger partial charge < -0.3 is 34.4 Å². The van der Waals surface area contributed by atoms with E-state index in [-0.39, 0.29) is 12.8 Å². The van der Waals surface area contributed by atoms with E-state index in [9.17, 15) is 33.8 Å². The SMILES string of the molecule is CCCCC/C=C\C=C/[C@H](O)C/C=C\C/C=C/CCCC(=O)O[C@H](COC(=O)CCCCCCCCCCCCCCCCC)COP(=O)(O)OC[C@@H](O)COP(=O)(O)O. The highest BCUT2D eigenvalue weighted by atomic mass is 31.2. The summed E-state index contributed by atoms with van der Waals surface area (Å²) in [6.45, 7) is 1.59. The predicted octanol–water partition coefficient (Wildman–Crippen LogP) is 10.4. The average Bonchev–Trinajstić information content (AvgIpc) is 3.20. The first-order chi connectivity index (χ1) is 28.8. The zero-order valence-corrected chi connectivity index (χ0v) is 38.5. The molecule has 16 heteroatoms. The fourth-order valence-corrected chi connectivity index (χ4v) is 6.99. The Kier molecular flexibility index (Phi) is 38.6. The molecule has 0 fully saturated rings. The lowest BCUT2D eigenvalue weighted by atomic mass is 10.0. The summed E-state index contributed by atoms with van der Waals surface area (Å²) in [6.07, 6.45) is 37.0. The first kappa shape index (κ1) is 58.0. The summed E-state index contributed by atoms with van der Waals surface area (Å²) in [5, 5.41) is 19.8. The normalized spacial score (nSPS) is 15.0. The third kappa shape index (κ3) is 42.7. The quantitative estimate of drug-likeness (QED) is 0.0127. The van der Waals surface area contributed by atoms with Gasteiger partial charge in [0.15, 0.2) is 6.10 Å². The maximum Gasteiger partial charge on any atom is 0.472 e. The first-order valence-electron chi connectivity index (χ1n) is 22.4. The van der Waals surface area contributed by atoms with Gasteiger partial charge in [-0.1, -0.05) is 165 Å². The molecule has 4 atom stereocenters. The molecule has 0 aromatic heterocycles. The van der Waals surface area contributed by atoms with Crippen molar-refractivity contribution in [3.05, 3.63) is 48.6 Å². The van der Waals surface area contributed by atoms with Crippen LogP contribution in [0, 0.1) is 0 Å². The number of allylic oxidation sites excluding steroid dienone is 6. The summed E-state index contributed by atoms with van der Waals surface area (Å²) in [5.74, 6) is -1.13. The molecule has 0 aliphatic heterocycles. The molecule has 350 valence electrons. The van der Waals surface area contributed by atoms with Crippen molar-refractivity contribution in [2.45, 2.75) is 193 Å². The molecule has 0 saturated heterocycles. The third-order valence-corrected chi connectivity index (χ3v) is 10.7. The van der Waals surface area contributed by atoms with E-state index < -0.39 is 72.3 Å². The van der Waals surface area contributed by atoms with Crippen molar-refractivity contribution in [1.82, 2.24) is 0 Å². The number of hydrogen-bond donors (Lipinski definition) is 5. The zero-order chi connectivity index (χ0) is 44.6. The van der Waals surface area contributed by atoms with Crippen LogP contribution in [0.25, 0.3) is 0 Å². The van der Waals surface area contributed by atoms with Gasteiger partial charge in [-0.2, -0.15) is 0 Å². The molecule has 5 N–H and O–H groups in total. The van der Waals surface area contributed by atoms with Crippen LogP contribution in [0.3, 0.4) is 0 Å². The minimum absolute atomic E-state index is 0.0222. The van der Waals surface area contributed by atoms with Gasteiger partial charge in [0.1, 0.15) is 12.7 Å². The minimum Gasteiger partial charge on any atom is -0.462 e. The third-order valence-electron chi connectivity index (χ3n) is 9.29.